The van der Waals surface area contributed by atoms with Crippen LogP contribution >= 0.6 is 7.75 Å². The first kappa shape index (κ1) is 21.4. The van der Waals surface area contributed by atoms with Gasteiger partial charge in [-0.3, -0.25) is 28.2 Å². The van der Waals surface area contributed by atoms with Crippen molar-refractivity contribution in [3.05, 3.63) is 33.1 Å². The summed E-state index contributed by atoms with van der Waals surface area (Å²) in [6, 6.07) is 0.224. The van der Waals surface area contributed by atoms with Gasteiger partial charge in [0.15, 0.2) is 6.23 Å². The minimum Gasteiger partial charge on any atom is -0.465 e. The summed E-state index contributed by atoms with van der Waals surface area (Å²) in [6.07, 6.45) is -0.779. The molecule has 3 heterocycles. The second-order valence-electron chi connectivity index (χ2n) is 7.69. The lowest BCUT2D eigenvalue weighted by molar-refractivity contribution is -0.145. The van der Waals surface area contributed by atoms with E-state index < -0.39 is 61.0 Å². The zero-order chi connectivity index (χ0) is 21.7. The van der Waals surface area contributed by atoms with Crippen LogP contribution < -0.4 is 16.3 Å². The summed E-state index contributed by atoms with van der Waals surface area (Å²) in [6.45, 7) is 3.57. The van der Waals surface area contributed by atoms with Crippen LogP contribution in [-0.2, 0) is 27.9 Å². The zero-order valence-electron chi connectivity index (χ0n) is 16.5. The van der Waals surface area contributed by atoms with Crippen LogP contribution in [0.5, 0.6) is 0 Å². The summed E-state index contributed by atoms with van der Waals surface area (Å²) in [5.74, 6) is -0.573. The first-order valence-corrected chi connectivity index (χ1v) is 11.3. The molecule has 1 unspecified atom stereocenters. The van der Waals surface area contributed by atoms with Gasteiger partial charge in [-0.1, -0.05) is 13.3 Å². The second kappa shape index (κ2) is 7.70. The Morgan fingerprint density at radius 2 is 2.27 bits per heavy atom. The molecule has 0 aromatic carbocycles. The van der Waals surface area contributed by atoms with E-state index in [0.29, 0.717) is 0 Å². The molecule has 7 atom stereocenters. The number of aromatic amines is 1. The van der Waals surface area contributed by atoms with Gasteiger partial charge in [-0.25, -0.2) is 14.4 Å². The maximum absolute atomic E-state index is 12.9. The molecule has 2 aliphatic heterocycles. The van der Waals surface area contributed by atoms with Crippen molar-refractivity contribution in [3.8, 4) is 0 Å². The van der Waals surface area contributed by atoms with Crippen molar-refractivity contribution in [1.29, 1.82) is 0 Å². The van der Waals surface area contributed by atoms with E-state index in [-0.39, 0.29) is 13.2 Å². The number of esters is 1. The molecule has 1 aromatic heterocycles. The van der Waals surface area contributed by atoms with Gasteiger partial charge >= 0.3 is 19.4 Å². The number of hydrogen-bond donors (Lipinski definition) is 3. The lowest BCUT2D eigenvalue weighted by Gasteiger charge is -2.33. The van der Waals surface area contributed by atoms with Gasteiger partial charge in [0, 0.05) is 12.3 Å². The number of nitrogens with zero attached hydrogens (tertiary/aromatic N) is 1. The van der Waals surface area contributed by atoms with Crippen molar-refractivity contribution >= 4 is 13.7 Å². The smallest absolute Gasteiger partial charge is 0.406 e. The van der Waals surface area contributed by atoms with Crippen LogP contribution in [0.15, 0.2) is 21.9 Å². The third-order valence-electron chi connectivity index (χ3n) is 5.64. The van der Waals surface area contributed by atoms with Crippen LogP contribution in [0, 0.1) is 5.41 Å². The number of ether oxygens (including phenoxy) is 2. The number of rotatable bonds is 7. The number of H-pyrrole nitrogens is 1. The lowest BCUT2D eigenvalue weighted by Crippen LogP contribution is -2.43. The summed E-state index contributed by atoms with van der Waals surface area (Å²) in [7, 11) is -3.83. The molecule has 3 fully saturated rings. The topological polar surface area (TPSA) is 158 Å². The van der Waals surface area contributed by atoms with Crippen molar-refractivity contribution in [3.63, 3.8) is 0 Å². The number of carbonyl (C=O) groups excluding carboxylic acids is 1. The van der Waals surface area contributed by atoms with Crippen molar-refractivity contribution in [2.24, 2.45) is 5.41 Å². The van der Waals surface area contributed by atoms with Crippen LogP contribution in [0.1, 0.15) is 32.9 Å². The molecule has 0 amide bonds. The van der Waals surface area contributed by atoms with Crippen LogP contribution in [0.2, 0.25) is 0 Å². The fourth-order valence-electron chi connectivity index (χ4n) is 3.84. The minimum absolute atomic E-state index is 0.153. The fourth-order valence-corrected chi connectivity index (χ4v) is 5.61. The lowest BCUT2D eigenvalue weighted by atomic mass is 9.99. The molecule has 0 bridgehead atoms. The Balaban J connectivity index is 1.40. The van der Waals surface area contributed by atoms with Crippen molar-refractivity contribution in [2.75, 3.05) is 13.2 Å². The van der Waals surface area contributed by atoms with Gasteiger partial charge in [-0.15, -0.1) is 0 Å². The van der Waals surface area contributed by atoms with E-state index in [1.54, 1.807) is 0 Å². The van der Waals surface area contributed by atoms with Gasteiger partial charge < -0.3 is 14.6 Å². The van der Waals surface area contributed by atoms with Crippen molar-refractivity contribution < 1.29 is 33.0 Å². The molecule has 0 radical (unpaired) electrons. The van der Waals surface area contributed by atoms with Gasteiger partial charge in [-0.05, 0) is 13.3 Å². The molecule has 1 saturated carbocycles. The van der Waals surface area contributed by atoms with Crippen LogP contribution in [-0.4, -0.2) is 58.2 Å². The number of aliphatic hydroxyl groups excluding tert-OH is 1. The van der Waals surface area contributed by atoms with Crippen LogP contribution in [0.4, 0.5) is 0 Å². The Hall–Kier alpha value is -1.82. The molecule has 30 heavy (non-hydrogen) atoms. The van der Waals surface area contributed by atoms with Gasteiger partial charge in [-0.2, -0.15) is 0 Å². The molecule has 2 saturated heterocycles. The Morgan fingerprint density at radius 3 is 2.97 bits per heavy atom. The Labute approximate surface area is 171 Å². The summed E-state index contributed by atoms with van der Waals surface area (Å²) < 4.78 is 35.7. The number of carbonyl (C=O) groups is 1. The normalized spacial score (nSPS) is 37.8. The third-order valence-corrected chi connectivity index (χ3v) is 7.32. The highest BCUT2D eigenvalue weighted by Gasteiger charge is 2.81. The fraction of sp³-hybridized carbons (Fsp3) is 0.706. The van der Waals surface area contributed by atoms with E-state index in [2.05, 4.69) is 10.1 Å². The molecule has 1 aliphatic carbocycles. The number of aliphatic hydroxyl groups is 1. The van der Waals surface area contributed by atoms with Crippen molar-refractivity contribution in [1.82, 2.24) is 14.6 Å². The maximum atomic E-state index is 12.9. The molecule has 1 spiro atoms. The molecule has 13 heteroatoms. The summed E-state index contributed by atoms with van der Waals surface area (Å²) >= 11 is 0. The summed E-state index contributed by atoms with van der Waals surface area (Å²) in [4.78, 5) is 37.3. The van der Waals surface area contributed by atoms with Crippen molar-refractivity contribution in [2.45, 2.75) is 57.3 Å². The summed E-state index contributed by atoms with van der Waals surface area (Å²) in [5, 5.41) is 13.3. The SMILES string of the molecule is CCCCOC(=O)[C@@H](C)N[P@]1(=O)OC[C@]23C(O1)[C@H]2O[C@@H](n1ccc(=O)[nH]c1=O)[C@@H]3O. The maximum Gasteiger partial charge on any atom is 0.406 e. The van der Waals surface area contributed by atoms with Gasteiger partial charge in [0.2, 0.25) is 0 Å². The number of unbranched alkanes of at least 4 members (excludes halogenated alkanes) is 1. The Kier molecular flexibility index (Phi) is 5.50. The minimum atomic E-state index is -3.83. The number of aromatic nitrogens is 2. The highest BCUT2D eigenvalue weighted by molar-refractivity contribution is 7.51. The predicted octanol–water partition coefficient (Wildman–Crippen LogP) is -0.360. The molecular weight excluding hydrogens is 421 g/mol. The van der Waals surface area contributed by atoms with E-state index in [9.17, 15) is 24.1 Å². The first-order chi connectivity index (χ1) is 14.2. The van der Waals surface area contributed by atoms with Gasteiger partial charge in [0.05, 0.1) is 18.6 Å². The molecule has 1 aromatic rings. The molecular formula is C17H24N3O9P. The highest BCUT2D eigenvalue weighted by atomic mass is 31.2. The highest BCUT2D eigenvalue weighted by Crippen LogP contribution is 2.70. The summed E-state index contributed by atoms with van der Waals surface area (Å²) in [5.41, 5.74) is -2.27. The predicted molar refractivity (Wildman–Crippen MR) is 101 cm³/mol. The third kappa shape index (κ3) is 3.47. The van der Waals surface area contributed by atoms with Gasteiger partial charge in [0.1, 0.15) is 24.4 Å². The van der Waals surface area contributed by atoms with E-state index in [4.69, 9.17) is 18.5 Å². The molecule has 166 valence electrons. The number of fused-ring (bicyclic) bond motifs is 1. The second-order valence-corrected chi connectivity index (χ2v) is 9.41. The van der Waals surface area contributed by atoms with Crippen LogP contribution in [0.3, 0.4) is 0 Å². The van der Waals surface area contributed by atoms with Gasteiger partial charge in [0.25, 0.3) is 5.56 Å². The zero-order valence-corrected chi connectivity index (χ0v) is 17.4. The van der Waals surface area contributed by atoms with E-state index in [1.165, 1.54) is 13.1 Å². The van der Waals surface area contributed by atoms with E-state index in [1.807, 2.05) is 6.92 Å². The van der Waals surface area contributed by atoms with Crippen LogP contribution in [0.25, 0.3) is 0 Å². The average molecular weight is 445 g/mol. The van der Waals surface area contributed by atoms with E-state index in [0.717, 1.165) is 23.5 Å². The monoisotopic (exact) mass is 445 g/mol. The Morgan fingerprint density at radius 1 is 1.50 bits per heavy atom. The Bertz CT molecular complexity index is 993. The molecule has 3 aliphatic rings. The molecule has 3 N–H and O–H groups in total. The van der Waals surface area contributed by atoms with E-state index >= 15 is 0 Å². The number of nitrogens with one attached hydrogen (secondary N) is 2. The molecule has 12 nitrogen and oxygen atoms in total. The number of hydrogen-bond acceptors (Lipinski definition) is 9. The quantitative estimate of drug-likeness (QED) is 0.287. The first-order valence-electron chi connectivity index (χ1n) is 9.74. The molecule has 4 rings (SSSR count). The standard InChI is InChI=1S/C17H24N3O9P/c1-3-4-7-26-15(23)9(2)19-30(25)27-8-17-11(22)14(28-12(17)13(17)29-30)20-6-5-10(21)18-16(20)24/h5-6,9,11-14,22H,3-4,7-8H2,1-2H3,(H,19,25)(H,18,21,24)/t9-,11+,12-,13?,14-,17-,30+/m1/s1. The average Bonchev–Trinajstić information content (AvgIpc) is 3.21. The largest absolute Gasteiger partial charge is 0.465 e.